The Balaban J connectivity index is 2.44. The average molecular weight is 284 g/mol. The first-order valence-electron chi connectivity index (χ1n) is 6.29. The zero-order valence-corrected chi connectivity index (χ0v) is 11.6. The molecule has 1 fully saturated rings. The Morgan fingerprint density at radius 3 is 3.11 bits per heavy atom. The Labute approximate surface area is 117 Å². The minimum atomic E-state index is 0.0908. The fraction of sp³-hybridized carbons (Fsp3) is 0.462. The molecule has 0 radical (unpaired) electrons. The third kappa shape index (κ3) is 2.93. The van der Waals surface area contributed by atoms with Gasteiger partial charge < -0.3 is 20.6 Å². The number of rotatable bonds is 3. The molecule has 2 rings (SSSR count). The highest BCUT2D eigenvalue weighted by Gasteiger charge is 2.24. The summed E-state index contributed by atoms with van der Waals surface area (Å²) in [7, 11) is 0. The molecule has 1 saturated heterocycles. The molecule has 3 N–H and O–H groups in total. The van der Waals surface area contributed by atoms with Crippen molar-refractivity contribution in [1.29, 1.82) is 0 Å². The fourth-order valence-electron chi connectivity index (χ4n) is 2.32. The van der Waals surface area contributed by atoms with Crippen LogP contribution in [-0.2, 0) is 4.74 Å². The molecule has 0 saturated carbocycles. The van der Waals surface area contributed by atoms with Gasteiger partial charge in [0.25, 0.3) is 0 Å². The maximum Gasteiger partial charge on any atom is 0.172 e. The van der Waals surface area contributed by atoms with Crippen molar-refractivity contribution in [3.63, 3.8) is 0 Å². The number of nitrogens with two attached hydrogens (primary N) is 1. The van der Waals surface area contributed by atoms with Gasteiger partial charge in [-0.2, -0.15) is 0 Å². The lowest BCUT2D eigenvalue weighted by molar-refractivity contribution is 0.0930. The van der Waals surface area contributed by atoms with Crippen molar-refractivity contribution in [3.8, 4) is 0 Å². The summed E-state index contributed by atoms with van der Waals surface area (Å²) in [6.07, 6.45) is 0.960. The molecule has 0 bridgehead atoms. The molecule has 0 spiro atoms. The van der Waals surface area contributed by atoms with Crippen LogP contribution in [0.1, 0.15) is 18.9 Å². The molecule has 1 unspecified atom stereocenters. The average Bonchev–Trinajstić information content (AvgIpc) is 2.46. The predicted molar refractivity (Wildman–Crippen MR) is 76.2 cm³/mol. The van der Waals surface area contributed by atoms with Gasteiger partial charge in [0.15, 0.2) is 5.84 Å². The van der Waals surface area contributed by atoms with Gasteiger partial charge in [-0.05, 0) is 24.6 Å². The van der Waals surface area contributed by atoms with Crippen LogP contribution < -0.4 is 10.6 Å². The van der Waals surface area contributed by atoms with Crippen LogP contribution in [0.5, 0.6) is 0 Å². The van der Waals surface area contributed by atoms with E-state index in [9.17, 15) is 0 Å². The van der Waals surface area contributed by atoms with Gasteiger partial charge >= 0.3 is 0 Å². The molecule has 1 atom stereocenters. The Kier molecular flexibility index (Phi) is 4.50. The van der Waals surface area contributed by atoms with E-state index in [-0.39, 0.29) is 11.9 Å². The standard InChI is InChI=1S/C13H18ClN3O2/c1-2-10-8-19-6-5-17(10)12-7-9(14)3-4-11(12)13(15)16-18/h3-4,7,10,18H,2,5-6,8H2,1H3,(H2,15,16). The second-order valence-corrected chi connectivity index (χ2v) is 4.91. The summed E-state index contributed by atoms with van der Waals surface area (Å²) in [6, 6.07) is 5.63. The number of benzene rings is 1. The molecule has 1 aliphatic rings. The Morgan fingerprint density at radius 1 is 1.63 bits per heavy atom. The van der Waals surface area contributed by atoms with Crippen molar-refractivity contribution in [2.45, 2.75) is 19.4 Å². The maximum absolute atomic E-state index is 8.89. The quantitative estimate of drug-likeness (QED) is 0.385. The number of hydrogen-bond acceptors (Lipinski definition) is 4. The molecule has 1 aliphatic heterocycles. The lowest BCUT2D eigenvalue weighted by Crippen LogP contribution is -2.46. The van der Waals surface area contributed by atoms with Gasteiger partial charge in [0, 0.05) is 22.8 Å². The molecule has 1 aromatic carbocycles. The van der Waals surface area contributed by atoms with Crippen LogP contribution >= 0.6 is 11.6 Å². The number of amidine groups is 1. The van der Waals surface area contributed by atoms with E-state index in [1.165, 1.54) is 0 Å². The summed E-state index contributed by atoms with van der Waals surface area (Å²) in [5, 5.41) is 12.6. The van der Waals surface area contributed by atoms with Crippen molar-refractivity contribution in [2.24, 2.45) is 10.9 Å². The van der Waals surface area contributed by atoms with Gasteiger partial charge in [-0.15, -0.1) is 0 Å². The lowest BCUT2D eigenvalue weighted by atomic mass is 10.1. The van der Waals surface area contributed by atoms with E-state index in [4.69, 9.17) is 27.3 Å². The normalized spacial score (nSPS) is 20.6. The second kappa shape index (κ2) is 6.12. The number of halogens is 1. The van der Waals surface area contributed by atoms with Gasteiger partial charge in [0.2, 0.25) is 0 Å². The monoisotopic (exact) mass is 283 g/mol. The molecule has 6 heteroatoms. The summed E-state index contributed by atoms with van der Waals surface area (Å²) >= 11 is 6.07. The summed E-state index contributed by atoms with van der Waals surface area (Å²) in [4.78, 5) is 2.21. The van der Waals surface area contributed by atoms with Crippen molar-refractivity contribution >= 4 is 23.1 Å². The Hall–Kier alpha value is -1.46. The molecule has 5 nitrogen and oxygen atoms in total. The van der Waals surface area contributed by atoms with E-state index in [1.807, 2.05) is 6.07 Å². The maximum atomic E-state index is 8.89. The van der Waals surface area contributed by atoms with Crippen LogP contribution in [0.3, 0.4) is 0 Å². The molecule has 0 amide bonds. The molecular formula is C13H18ClN3O2. The third-order valence-corrected chi connectivity index (χ3v) is 3.59. The SMILES string of the molecule is CCC1COCCN1c1cc(Cl)ccc1/C(N)=N/O. The van der Waals surface area contributed by atoms with Crippen LogP contribution in [-0.4, -0.2) is 36.8 Å². The second-order valence-electron chi connectivity index (χ2n) is 4.48. The summed E-state index contributed by atoms with van der Waals surface area (Å²) in [5.74, 6) is 0.0908. The molecule has 1 heterocycles. The van der Waals surface area contributed by atoms with Crippen molar-refractivity contribution in [2.75, 3.05) is 24.7 Å². The first kappa shape index (κ1) is 14.0. The largest absolute Gasteiger partial charge is 0.409 e. The summed E-state index contributed by atoms with van der Waals surface area (Å²) < 4.78 is 5.50. The molecule has 19 heavy (non-hydrogen) atoms. The van der Waals surface area contributed by atoms with Gasteiger partial charge in [-0.25, -0.2) is 0 Å². The van der Waals surface area contributed by atoms with E-state index >= 15 is 0 Å². The number of morpholine rings is 1. The first-order chi connectivity index (χ1) is 9.17. The molecule has 104 valence electrons. The topological polar surface area (TPSA) is 71.1 Å². The molecular weight excluding hydrogens is 266 g/mol. The van der Waals surface area contributed by atoms with Crippen LogP contribution in [0.25, 0.3) is 0 Å². The number of ether oxygens (including phenoxy) is 1. The van der Waals surface area contributed by atoms with E-state index in [0.29, 0.717) is 23.8 Å². The first-order valence-corrected chi connectivity index (χ1v) is 6.67. The zero-order valence-electron chi connectivity index (χ0n) is 10.8. The zero-order chi connectivity index (χ0) is 13.8. The van der Waals surface area contributed by atoms with Gasteiger partial charge in [-0.1, -0.05) is 23.7 Å². The third-order valence-electron chi connectivity index (χ3n) is 3.35. The van der Waals surface area contributed by atoms with E-state index in [0.717, 1.165) is 18.7 Å². The van der Waals surface area contributed by atoms with Gasteiger partial charge in [0.05, 0.1) is 19.3 Å². The number of hydrogen-bond donors (Lipinski definition) is 2. The summed E-state index contributed by atoms with van der Waals surface area (Å²) in [5.41, 5.74) is 7.31. The highest BCUT2D eigenvalue weighted by Crippen LogP contribution is 2.28. The lowest BCUT2D eigenvalue weighted by Gasteiger charge is -2.38. The van der Waals surface area contributed by atoms with Crippen LogP contribution in [0.2, 0.25) is 5.02 Å². The van der Waals surface area contributed by atoms with E-state index < -0.39 is 0 Å². The number of nitrogens with zero attached hydrogens (tertiary/aromatic N) is 2. The highest BCUT2D eigenvalue weighted by atomic mass is 35.5. The van der Waals surface area contributed by atoms with Crippen LogP contribution in [0.15, 0.2) is 23.4 Å². The summed E-state index contributed by atoms with van der Waals surface area (Å²) in [6.45, 7) is 4.22. The minimum Gasteiger partial charge on any atom is -0.409 e. The van der Waals surface area contributed by atoms with Gasteiger partial charge in [0.1, 0.15) is 0 Å². The van der Waals surface area contributed by atoms with Gasteiger partial charge in [-0.3, -0.25) is 0 Å². The van der Waals surface area contributed by atoms with Crippen molar-refractivity contribution in [1.82, 2.24) is 0 Å². The molecule has 0 aliphatic carbocycles. The molecule has 1 aromatic rings. The number of anilines is 1. The molecule has 0 aromatic heterocycles. The van der Waals surface area contributed by atoms with Crippen molar-refractivity contribution < 1.29 is 9.94 Å². The van der Waals surface area contributed by atoms with Crippen LogP contribution in [0.4, 0.5) is 5.69 Å². The number of oxime groups is 1. The smallest absolute Gasteiger partial charge is 0.172 e. The highest BCUT2D eigenvalue weighted by molar-refractivity contribution is 6.31. The Bertz CT molecular complexity index is 479. The fourth-order valence-corrected chi connectivity index (χ4v) is 2.49. The Morgan fingerprint density at radius 2 is 2.42 bits per heavy atom. The predicted octanol–water partition coefficient (Wildman–Crippen LogP) is 2.05. The minimum absolute atomic E-state index is 0.0908. The van der Waals surface area contributed by atoms with Crippen molar-refractivity contribution in [3.05, 3.63) is 28.8 Å². The van der Waals surface area contributed by atoms with Crippen LogP contribution in [0, 0.1) is 0 Å². The van der Waals surface area contributed by atoms with E-state index in [1.54, 1.807) is 12.1 Å². The van der Waals surface area contributed by atoms with E-state index in [2.05, 4.69) is 17.0 Å².